The molecular formula is C32H35F3N2O3. The number of Topliss-reactive ketones (excluding diaryl/α,β-unsaturated/α-hetero) is 3. The molecule has 4 rings (SSSR count). The number of ketones is 3. The van der Waals surface area contributed by atoms with Crippen LogP contribution in [-0.4, -0.2) is 29.6 Å². The van der Waals surface area contributed by atoms with E-state index in [1.165, 1.54) is 12.1 Å². The van der Waals surface area contributed by atoms with Crippen molar-refractivity contribution in [3.05, 3.63) is 76.4 Å². The second-order valence-corrected chi connectivity index (χ2v) is 10.7. The van der Waals surface area contributed by atoms with E-state index in [1.807, 2.05) is 31.2 Å². The molecule has 5 nitrogen and oxygen atoms in total. The van der Waals surface area contributed by atoms with Gasteiger partial charge in [0.05, 0.1) is 17.7 Å². The van der Waals surface area contributed by atoms with Gasteiger partial charge in [-0.3, -0.25) is 14.4 Å². The molecule has 2 aromatic carbocycles. The van der Waals surface area contributed by atoms with E-state index >= 15 is 0 Å². The van der Waals surface area contributed by atoms with Crippen LogP contribution in [0.25, 0.3) is 0 Å². The van der Waals surface area contributed by atoms with Crippen molar-refractivity contribution in [2.75, 3.05) is 11.9 Å². The van der Waals surface area contributed by atoms with Gasteiger partial charge in [-0.15, -0.1) is 0 Å². The van der Waals surface area contributed by atoms with Crippen molar-refractivity contribution in [3.63, 3.8) is 0 Å². The molecule has 8 heteroatoms. The first kappa shape index (κ1) is 29.4. The zero-order valence-electron chi connectivity index (χ0n) is 22.7. The highest BCUT2D eigenvalue weighted by Crippen LogP contribution is 2.45. The standard InChI is InChI=1S/C32H35F3N2O3/c1-2-21-12-13-22-18-20(10-14-28(22)37-17-16-29(21)38)11-15-30(39)27(36)19-31(40)25-8-5-7-23(25)24-6-3-4-9-26(24)32(33,34)35/h3-4,6,9-10,12,14,18,23,25,36-37H,2,5,7-8,11,13,15-17,19H2,1H3/b21-12+,36-27?. The molecule has 1 fully saturated rings. The molecule has 1 heterocycles. The van der Waals surface area contributed by atoms with Gasteiger partial charge in [0.25, 0.3) is 0 Å². The smallest absolute Gasteiger partial charge is 0.384 e. The van der Waals surface area contributed by atoms with Gasteiger partial charge >= 0.3 is 6.18 Å². The van der Waals surface area contributed by atoms with Crippen LogP contribution >= 0.6 is 0 Å². The molecule has 0 amide bonds. The Labute approximate surface area is 232 Å². The number of carbonyl (C=O) groups excluding carboxylic acids is 3. The molecule has 1 saturated carbocycles. The fourth-order valence-electron chi connectivity index (χ4n) is 5.91. The molecule has 212 valence electrons. The van der Waals surface area contributed by atoms with Crippen LogP contribution in [0.2, 0.25) is 0 Å². The first-order valence-corrected chi connectivity index (χ1v) is 14.0. The fraction of sp³-hybridized carbons (Fsp3) is 0.438. The summed E-state index contributed by atoms with van der Waals surface area (Å²) in [6.45, 7) is 2.52. The Morgan fingerprint density at radius 1 is 1.10 bits per heavy atom. The maximum Gasteiger partial charge on any atom is 0.416 e. The number of anilines is 1. The summed E-state index contributed by atoms with van der Waals surface area (Å²) in [6.07, 6.45) is 0.844. The number of hydrogen-bond acceptors (Lipinski definition) is 5. The third kappa shape index (κ3) is 6.95. The van der Waals surface area contributed by atoms with Crippen LogP contribution in [-0.2, 0) is 33.4 Å². The third-order valence-corrected chi connectivity index (χ3v) is 8.07. The Hall–Kier alpha value is -3.55. The number of allylic oxidation sites excluding steroid dienone is 2. The fourth-order valence-corrected chi connectivity index (χ4v) is 5.91. The lowest BCUT2D eigenvalue weighted by Gasteiger charge is -2.23. The quantitative estimate of drug-likeness (QED) is 0.327. The van der Waals surface area contributed by atoms with Gasteiger partial charge in [-0.05, 0) is 72.4 Å². The summed E-state index contributed by atoms with van der Waals surface area (Å²) in [5.41, 5.74) is 2.83. The van der Waals surface area contributed by atoms with Gasteiger partial charge in [-0.2, -0.15) is 13.2 Å². The van der Waals surface area contributed by atoms with E-state index < -0.39 is 29.4 Å². The van der Waals surface area contributed by atoms with Crippen molar-refractivity contribution in [3.8, 4) is 0 Å². The lowest BCUT2D eigenvalue weighted by Crippen LogP contribution is -2.25. The Bertz CT molecular complexity index is 1330. The number of fused-ring (bicyclic) bond motifs is 1. The van der Waals surface area contributed by atoms with E-state index in [2.05, 4.69) is 5.32 Å². The summed E-state index contributed by atoms with van der Waals surface area (Å²) in [5, 5.41) is 11.6. The summed E-state index contributed by atoms with van der Waals surface area (Å²) in [5.74, 6) is -1.81. The largest absolute Gasteiger partial charge is 0.416 e. The van der Waals surface area contributed by atoms with Gasteiger partial charge in [-0.25, -0.2) is 0 Å². The van der Waals surface area contributed by atoms with E-state index in [4.69, 9.17) is 5.41 Å². The van der Waals surface area contributed by atoms with Gasteiger partial charge in [0.2, 0.25) is 0 Å². The minimum absolute atomic E-state index is 0.0673. The molecule has 1 aliphatic carbocycles. The van der Waals surface area contributed by atoms with Crippen molar-refractivity contribution in [1.82, 2.24) is 0 Å². The molecule has 0 aromatic heterocycles. The first-order valence-electron chi connectivity index (χ1n) is 14.0. The zero-order chi connectivity index (χ0) is 28.9. The molecule has 40 heavy (non-hydrogen) atoms. The summed E-state index contributed by atoms with van der Waals surface area (Å²) in [6, 6.07) is 11.2. The number of alkyl halides is 3. The monoisotopic (exact) mass is 552 g/mol. The van der Waals surface area contributed by atoms with Gasteiger partial charge in [0.15, 0.2) is 11.6 Å². The highest BCUT2D eigenvalue weighted by molar-refractivity contribution is 6.41. The van der Waals surface area contributed by atoms with Gasteiger partial charge in [0, 0.05) is 31.0 Å². The van der Waals surface area contributed by atoms with E-state index in [9.17, 15) is 27.6 Å². The highest BCUT2D eigenvalue weighted by Gasteiger charge is 2.40. The SMILES string of the molecule is CC/C1=C\Cc2cc(CCC(=O)C(=N)CC(=O)C3CCCC3c3ccccc3C(F)(F)F)ccc2NCCC1=O. The molecule has 2 N–H and O–H groups in total. The minimum atomic E-state index is -4.51. The number of halogens is 3. The zero-order valence-corrected chi connectivity index (χ0v) is 22.7. The average molecular weight is 553 g/mol. The van der Waals surface area contributed by atoms with Crippen LogP contribution < -0.4 is 5.32 Å². The maximum absolute atomic E-state index is 13.6. The summed E-state index contributed by atoms with van der Waals surface area (Å²) >= 11 is 0. The van der Waals surface area contributed by atoms with Crippen molar-refractivity contribution in [1.29, 1.82) is 5.41 Å². The molecule has 2 aromatic rings. The summed E-state index contributed by atoms with van der Waals surface area (Å²) in [7, 11) is 0. The van der Waals surface area contributed by atoms with Crippen LogP contribution in [0.5, 0.6) is 0 Å². The van der Waals surface area contributed by atoms with Gasteiger partial charge in [0.1, 0.15) is 5.78 Å². The Morgan fingerprint density at radius 2 is 1.88 bits per heavy atom. The van der Waals surface area contributed by atoms with E-state index in [0.29, 0.717) is 51.5 Å². The molecule has 0 bridgehead atoms. The number of nitrogens with one attached hydrogen (secondary N) is 2. The number of hydrogen-bond donors (Lipinski definition) is 2. The van der Waals surface area contributed by atoms with Crippen LogP contribution in [0.4, 0.5) is 18.9 Å². The average Bonchev–Trinajstić information content (AvgIpc) is 3.44. The van der Waals surface area contributed by atoms with Crippen LogP contribution in [0.15, 0.2) is 54.1 Å². The Kier molecular flexibility index (Phi) is 9.38. The van der Waals surface area contributed by atoms with Crippen molar-refractivity contribution < 1.29 is 27.6 Å². The molecule has 0 spiro atoms. The molecule has 2 unspecified atom stereocenters. The molecule has 2 atom stereocenters. The highest BCUT2D eigenvalue weighted by atomic mass is 19.4. The summed E-state index contributed by atoms with van der Waals surface area (Å²) < 4.78 is 40.8. The van der Waals surface area contributed by atoms with Crippen LogP contribution in [0.1, 0.15) is 80.0 Å². The number of benzene rings is 2. The number of aryl methyl sites for hydroxylation is 1. The molecule has 0 radical (unpaired) electrons. The minimum Gasteiger partial charge on any atom is -0.384 e. The van der Waals surface area contributed by atoms with E-state index in [-0.39, 0.29) is 35.7 Å². The van der Waals surface area contributed by atoms with E-state index in [1.54, 1.807) is 6.07 Å². The predicted octanol–water partition coefficient (Wildman–Crippen LogP) is 7.03. The Morgan fingerprint density at radius 3 is 2.62 bits per heavy atom. The van der Waals surface area contributed by atoms with Crippen LogP contribution in [0, 0.1) is 11.3 Å². The summed E-state index contributed by atoms with van der Waals surface area (Å²) in [4.78, 5) is 38.1. The normalized spacial score (nSPS) is 20.8. The molecular weight excluding hydrogens is 517 g/mol. The second kappa shape index (κ2) is 12.7. The lowest BCUT2D eigenvalue weighted by atomic mass is 9.82. The van der Waals surface area contributed by atoms with Crippen molar-refractivity contribution in [2.24, 2.45) is 5.92 Å². The topological polar surface area (TPSA) is 87.1 Å². The van der Waals surface area contributed by atoms with Crippen molar-refractivity contribution >= 4 is 28.7 Å². The maximum atomic E-state index is 13.6. The lowest BCUT2D eigenvalue weighted by molar-refractivity contribution is -0.138. The third-order valence-electron chi connectivity index (χ3n) is 8.07. The van der Waals surface area contributed by atoms with Crippen molar-refractivity contribution in [2.45, 2.75) is 76.8 Å². The van der Waals surface area contributed by atoms with Gasteiger partial charge < -0.3 is 10.7 Å². The first-order chi connectivity index (χ1) is 19.1. The van der Waals surface area contributed by atoms with Crippen LogP contribution in [0.3, 0.4) is 0 Å². The number of rotatable bonds is 9. The second-order valence-electron chi connectivity index (χ2n) is 10.7. The molecule has 1 aliphatic heterocycles. The Balaban J connectivity index is 1.37. The predicted molar refractivity (Wildman–Crippen MR) is 149 cm³/mol. The molecule has 2 aliphatic rings. The van der Waals surface area contributed by atoms with Gasteiger partial charge in [-0.1, -0.05) is 49.8 Å². The number of carbonyl (C=O) groups is 3. The van der Waals surface area contributed by atoms with E-state index in [0.717, 1.165) is 28.5 Å². The molecule has 0 saturated heterocycles.